The van der Waals surface area contributed by atoms with Gasteiger partial charge in [0.2, 0.25) is 10.0 Å². The molecular formula is C20H27NO5S. The largest absolute Gasteiger partial charge is 0.497 e. The first kappa shape index (κ1) is 21.1. The predicted octanol–water partition coefficient (Wildman–Crippen LogP) is 3.24. The average molecular weight is 394 g/mol. The minimum absolute atomic E-state index is 0.261. The van der Waals surface area contributed by atoms with Crippen molar-refractivity contribution in [2.75, 3.05) is 27.4 Å². The monoisotopic (exact) mass is 393 g/mol. The highest BCUT2D eigenvalue weighted by atomic mass is 32.2. The lowest BCUT2D eigenvalue weighted by molar-refractivity contribution is 0.337. The number of sulfonamides is 1. The van der Waals surface area contributed by atoms with Gasteiger partial charge in [0.1, 0.15) is 17.2 Å². The molecule has 0 bridgehead atoms. The van der Waals surface area contributed by atoms with Crippen molar-refractivity contribution in [3.8, 4) is 17.2 Å². The molecular weight excluding hydrogens is 366 g/mol. The Kier molecular flexibility index (Phi) is 7.10. The number of hydrogen-bond acceptors (Lipinski definition) is 5. The van der Waals surface area contributed by atoms with Crippen molar-refractivity contribution in [3.63, 3.8) is 0 Å². The Balaban J connectivity index is 2.13. The van der Waals surface area contributed by atoms with Gasteiger partial charge in [-0.05, 0) is 62.1 Å². The van der Waals surface area contributed by atoms with Crippen molar-refractivity contribution in [2.24, 2.45) is 0 Å². The van der Waals surface area contributed by atoms with Gasteiger partial charge < -0.3 is 14.2 Å². The van der Waals surface area contributed by atoms with Crippen LogP contribution < -0.4 is 18.9 Å². The average Bonchev–Trinajstić information content (AvgIpc) is 2.64. The molecule has 0 amide bonds. The molecule has 0 atom stereocenters. The molecule has 0 saturated carbocycles. The molecule has 2 aromatic rings. The van der Waals surface area contributed by atoms with Crippen LogP contribution in [0.15, 0.2) is 35.2 Å². The van der Waals surface area contributed by atoms with Crippen LogP contribution in [0, 0.1) is 13.8 Å². The van der Waals surface area contributed by atoms with Crippen molar-refractivity contribution in [1.82, 2.24) is 4.72 Å². The van der Waals surface area contributed by atoms with Gasteiger partial charge >= 0.3 is 0 Å². The zero-order valence-electron chi connectivity index (χ0n) is 16.5. The lowest BCUT2D eigenvalue weighted by Gasteiger charge is -2.14. The van der Waals surface area contributed by atoms with Gasteiger partial charge in [-0.25, -0.2) is 13.1 Å². The van der Waals surface area contributed by atoms with E-state index in [0.29, 0.717) is 35.8 Å². The summed E-state index contributed by atoms with van der Waals surface area (Å²) in [5.41, 5.74) is 2.35. The fraction of sp³-hybridized carbons (Fsp3) is 0.400. The smallest absolute Gasteiger partial charge is 0.240 e. The second-order valence-electron chi connectivity index (χ2n) is 6.14. The van der Waals surface area contributed by atoms with Gasteiger partial charge in [-0.2, -0.15) is 0 Å². The van der Waals surface area contributed by atoms with E-state index in [2.05, 4.69) is 4.72 Å². The number of rotatable bonds is 9. The summed E-state index contributed by atoms with van der Waals surface area (Å²) in [7, 11) is -0.454. The third-order valence-corrected chi connectivity index (χ3v) is 5.85. The predicted molar refractivity (Wildman–Crippen MR) is 106 cm³/mol. The molecule has 6 nitrogen and oxygen atoms in total. The standard InChI is InChI=1S/C20H27NO5S/c1-6-26-18-11-15(3)20(12-14(18)2)27(22,23)21-10-9-16-7-8-17(24-4)13-19(16)25-5/h7-8,11-13,21H,6,9-10H2,1-5H3. The minimum atomic E-state index is -3.62. The summed E-state index contributed by atoms with van der Waals surface area (Å²) < 4.78 is 44.2. The Labute approximate surface area is 161 Å². The zero-order chi connectivity index (χ0) is 20.0. The maximum Gasteiger partial charge on any atom is 0.240 e. The van der Waals surface area contributed by atoms with E-state index in [0.717, 1.165) is 11.1 Å². The summed E-state index contributed by atoms with van der Waals surface area (Å²) in [4.78, 5) is 0.269. The number of hydrogen-bond donors (Lipinski definition) is 1. The third-order valence-electron chi connectivity index (χ3n) is 4.24. The Bertz CT molecular complexity index is 893. The Morgan fingerprint density at radius 1 is 0.963 bits per heavy atom. The van der Waals surface area contributed by atoms with Crippen LogP contribution in [0.2, 0.25) is 0 Å². The first-order valence-corrected chi connectivity index (χ1v) is 10.2. The Morgan fingerprint density at radius 3 is 2.33 bits per heavy atom. The molecule has 0 fully saturated rings. The summed E-state index contributed by atoms with van der Waals surface area (Å²) in [5, 5.41) is 0. The van der Waals surface area contributed by atoms with Crippen LogP contribution in [0.25, 0.3) is 0 Å². The van der Waals surface area contributed by atoms with E-state index in [1.165, 1.54) is 0 Å². The number of aryl methyl sites for hydroxylation is 2. The van der Waals surface area contributed by atoms with Crippen molar-refractivity contribution < 1.29 is 22.6 Å². The van der Waals surface area contributed by atoms with Crippen molar-refractivity contribution in [1.29, 1.82) is 0 Å². The maximum atomic E-state index is 12.7. The molecule has 0 unspecified atom stereocenters. The SMILES string of the molecule is CCOc1cc(C)c(S(=O)(=O)NCCc2ccc(OC)cc2OC)cc1C. The van der Waals surface area contributed by atoms with Crippen LogP contribution in [0.5, 0.6) is 17.2 Å². The van der Waals surface area contributed by atoms with Crippen LogP contribution in [0.1, 0.15) is 23.6 Å². The van der Waals surface area contributed by atoms with E-state index in [4.69, 9.17) is 14.2 Å². The molecule has 2 aromatic carbocycles. The first-order valence-electron chi connectivity index (χ1n) is 8.77. The second-order valence-corrected chi connectivity index (χ2v) is 7.88. The molecule has 7 heteroatoms. The third kappa shape index (κ3) is 5.14. The molecule has 0 aliphatic carbocycles. The Hall–Kier alpha value is -2.25. The minimum Gasteiger partial charge on any atom is -0.497 e. The van der Waals surface area contributed by atoms with Gasteiger partial charge in [0.25, 0.3) is 0 Å². The molecule has 0 heterocycles. The molecule has 2 rings (SSSR count). The summed E-state index contributed by atoms with van der Waals surface area (Å²) in [6.07, 6.45) is 0.501. The van der Waals surface area contributed by atoms with E-state index in [1.54, 1.807) is 39.3 Å². The van der Waals surface area contributed by atoms with E-state index in [9.17, 15) is 8.42 Å². The van der Waals surface area contributed by atoms with Gasteiger partial charge in [0, 0.05) is 12.6 Å². The molecule has 0 aromatic heterocycles. The van der Waals surface area contributed by atoms with E-state index >= 15 is 0 Å². The topological polar surface area (TPSA) is 73.9 Å². The van der Waals surface area contributed by atoms with Crippen LogP contribution in [0.4, 0.5) is 0 Å². The molecule has 148 valence electrons. The number of methoxy groups -OCH3 is 2. The number of benzene rings is 2. The fourth-order valence-corrected chi connectivity index (χ4v) is 4.16. The van der Waals surface area contributed by atoms with Crippen LogP contribution in [-0.4, -0.2) is 35.8 Å². The number of nitrogens with one attached hydrogen (secondary N) is 1. The van der Waals surface area contributed by atoms with E-state index < -0.39 is 10.0 Å². The van der Waals surface area contributed by atoms with Crippen molar-refractivity contribution in [2.45, 2.75) is 32.1 Å². The number of ether oxygens (including phenoxy) is 3. The quantitative estimate of drug-likeness (QED) is 0.708. The van der Waals surface area contributed by atoms with Gasteiger partial charge in [-0.15, -0.1) is 0 Å². The second kappa shape index (κ2) is 9.10. The van der Waals surface area contributed by atoms with Gasteiger partial charge in [-0.3, -0.25) is 0 Å². The molecule has 0 radical (unpaired) electrons. The summed E-state index contributed by atoms with van der Waals surface area (Å²) in [6, 6.07) is 8.89. The van der Waals surface area contributed by atoms with Crippen LogP contribution in [-0.2, 0) is 16.4 Å². The molecule has 27 heavy (non-hydrogen) atoms. The maximum absolute atomic E-state index is 12.7. The van der Waals surface area contributed by atoms with Gasteiger partial charge in [0.05, 0.1) is 25.7 Å². The van der Waals surface area contributed by atoms with Crippen LogP contribution >= 0.6 is 0 Å². The Morgan fingerprint density at radius 2 is 1.70 bits per heavy atom. The molecule has 0 aliphatic rings. The summed E-state index contributed by atoms with van der Waals surface area (Å²) in [6.45, 7) is 6.30. The van der Waals surface area contributed by atoms with Gasteiger partial charge in [-0.1, -0.05) is 6.07 Å². The molecule has 0 spiro atoms. The first-order chi connectivity index (χ1) is 12.8. The normalized spacial score (nSPS) is 11.3. The van der Waals surface area contributed by atoms with E-state index in [-0.39, 0.29) is 11.4 Å². The van der Waals surface area contributed by atoms with Crippen molar-refractivity contribution >= 4 is 10.0 Å². The lowest BCUT2D eigenvalue weighted by Crippen LogP contribution is -2.27. The van der Waals surface area contributed by atoms with E-state index in [1.807, 2.05) is 26.0 Å². The highest BCUT2D eigenvalue weighted by molar-refractivity contribution is 7.89. The summed E-state index contributed by atoms with van der Waals surface area (Å²) >= 11 is 0. The van der Waals surface area contributed by atoms with Gasteiger partial charge in [0.15, 0.2) is 0 Å². The molecule has 0 aliphatic heterocycles. The summed E-state index contributed by atoms with van der Waals surface area (Å²) in [5.74, 6) is 2.07. The molecule has 0 saturated heterocycles. The highest BCUT2D eigenvalue weighted by Crippen LogP contribution is 2.27. The van der Waals surface area contributed by atoms with Crippen molar-refractivity contribution in [3.05, 3.63) is 47.0 Å². The highest BCUT2D eigenvalue weighted by Gasteiger charge is 2.19. The zero-order valence-corrected chi connectivity index (χ0v) is 17.3. The molecule has 1 N–H and O–H groups in total. The fourth-order valence-electron chi connectivity index (χ4n) is 2.82. The lowest BCUT2D eigenvalue weighted by atomic mass is 10.1. The van der Waals surface area contributed by atoms with Crippen LogP contribution in [0.3, 0.4) is 0 Å².